The van der Waals surface area contributed by atoms with E-state index in [1.807, 2.05) is 0 Å². The lowest BCUT2D eigenvalue weighted by Gasteiger charge is -2.16. The van der Waals surface area contributed by atoms with Gasteiger partial charge in [-0.15, -0.1) is 0 Å². The number of methoxy groups -OCH3 is 1. The van der Waals surface area contributed by atoms with Gasteiger partial charge in [0.25, 0.3) is 0 Å². The Labute approximate surface area is 149 Å². The zero-order valence-electron chi connectivity index (χ0n) is 13.7. The van der Waals surface area contributed by atoms with Crippen molar-refractivity contribution in [1.82, 2.24) is 0 Å². The lowest BCUT2D eigenvalue weighted by atomic mass is 10.0. The van der Waals surface area contributed by atoms with E-state index >= 15 is 0 Å². The molecule has 25 heavy (non-hydrogen) atoms. The van der Waals surface area contributed by atoms with Crippen LogP contribution in [0.3, 0.4) is 0 Å². The number of esters is 2. The Balaban J connectivity index is 2.49. The molecule has 1 aliphatic rings. The molecule has 136 valence electrons. The van der Waals surface area contributed by atoms with Gasteiger partial charge in [-0.05, 0) is 19.1 Å². The van der Waals surface area contributed by atoms with Gasteiger partial charge in [-0.1, -0.05) is 16.8 Å². The maximum absolute atomic E-state index is 12.1. The van der Waals surface area contributed by atoms with Gasteiger partial charge >= 0.3 is 11.9 Å². The van der Waals surface area contributed by atoms with Crippen LogP contribution in [-0.4, -0.2) is 46.0 Å². The van der Waals surface area contributed by atoms with Crippen LogP contribution in [0, 0.1) is 0 Å². The molecular weight excluding hydrogens is 374 g/mol. The van der Waals surface area contributed by atoms with E-state index in [2.05, 4.69) is 9.89 Å². The summed E-state index contributed by atoms with van der Waals surface area (Å²) in [6.45, 7) is 1.81. The van der Waals surface area contributed by atoms with Crippen molar-refractivity contribution in [2.24, 2.45) is 5.16 Å². The van der Waals surface area contributed by atoms with E-state index in [-0.39, 0.29) is 39.8 Å². The van der Waals surface area contributed by atoms with Crippen LogP contribution in [0.15, 0.2) is 22.2 Å². The molecule has 1 aromatic rings. The SMILES string of the molecule is CCOC(=O)C1=NOC(c2c(S(C)(=O)=O)ccc(C(=O)OC)c2Cl)C1. The zero-order valence-corrected chi connectivity index (χ0v) is 15.3. The smallest absolute Gasteiger partial charge is 0.356 e. The van der Waals surface area contributed by atoms with Crippen LogP contribution in [-0.2, 0) is 28.9 Å². The van der Waals surface area contributed by atoms with Crippen molar-refractivity contribution in [3.05, 3.63) is 28.3 Å². The normalized spacial score (nSPS) is 16.8. The van der Waals surface area contributed by atoms with E-state index in [0.29, 0.717) is 0 Å². The van der Waals surface area contributed by atoms with Crippen LogP contribution in [0.4, 0.5) is 0 Å². The molecule has 0 aliphatic carbocycles. The zero-order chi connectivity index (χ0) is 18.8. The van der Waals surface area contributed by atoms with Crippen molar-refractivity contribution in [3.63, 3.8) is 0 Å². The van der Waals surface area contributed by atoms with Crippen LogP contribution in [0.1, 0.15) is 35.4 Å². The van der Waals surface area contributed by atoms with Gasteiger partial charge in [0, 0.05) is 18.2 Å². The number of halogens is 1. The molecule has 1 heterocycles. The number of nitrogens with zero attached hydrogens (tertiary/aromatic N) is 1. The fourth-order valence-corrected chi connectivity index (χ4v) is 3.70. The minimum absolute atomic E-state index is 0.00541. The molecule has 0 radical (unpaired) electrons. The molecule has 0 aromatic heterocycles. The maximum atomic E-state index is 12.1. The number of rotatable bonds is 5. The Kier molecular flexibility index (Phi) is 5.69. The third-order valence-electron chi connectivity index (χ3n) is 3.45. The molecule has 1 unspecified atom stereocenters. The van der Waals surface area contributed by atoms with Gasteiger partial charge in [0.2, 0.25) is 0 Å². The van der Waals surface area contributed by atoms with Gasteiger partial charge in [-0.3, -0.25) is 0 Å². The number of ether oxygens (including phenoxy) is 2. The summed E-state index contributed by atoms with van der Waals surface area (Å²) in [5, 5.41) is 3.52. The molecule has 0 spiro atoms. The van der Waals surface area contributed by atoms with E-state index in [0.717, 1.165) is 6.26 Å². The number of sulfone groups is 1. The van der Waals surface area contributed by atoms with Crippen molar-refractivity contribution in [3.8, 4) is 0 Å². The molecule has 10 heteroatoms. The number of hydrogen-bond donors (Lipinski definition) is 0. The molecule has 1 atom stereocenters. The van der Waals surface area contributed by atoms with E-state index in [1.54, 1.807) is 6.92 Å². The fraction of sp³-hybridized carbons (Fsp3) is 0.400. The third-order valence-corrected chi connectivity index (χ3v) is 5.01. The topological polar surface area (TPSA) is 108 Å². The van der Waals surface area contributed by atoms with Gasteiger partial charge in [0.15, 0.2) is 21.7 Å². The van der Waals surface area contributed by atoms with Gasteiger partial charge in [0.1, 0.15) is 0 Å². The Morgan fingerprint density at radius 3 is 2.60 bits per heavy atom. The Morgan fingerprint density at radius 1 is 1.36 bits per heavy atom. The highest BCUT2D eigenvalue weighted by molar-refractivity contribution is 7.90. The molecule has 0 N–H and O–H groups in total. The predicted molar refractivity (Wildman–Crippen MR) is 88.4 cm³/mol. The number of oxime groups is 1. The second kappa shape index (κ2) is 7.40. The van der Waals surface area contributed by atoms with Crippen LogP contribution in [0.25, 0.3) is 0 Å². The van der Waals surface area contributed by atoms with E-state index in [1.165, 1.54) is 19.2 Å². The summed E-state index contributed by atoms with van der Waals surface area (Å²) >= 11 is 6.25. The van der Waals surface area contributed by atoms with Crippen LogP contribution in [0.5, 0.6) is 0 Å². The lowest BCUT2D eigenvalue weighted by molar-refractivity contribution is -0.135. The average Bonchev–Trinajstić information content (AvgIpc) is 3.02. The first-order valence-electron chi connectivity index (χ1n) is 7.21. The number of carbonyl (C=O) groups excluding carboxylic acids is 2. The number of benzene rings is 1. The summed E-state index contributed by atoms with van der Waals surface area (Å²) in [7, 11) is -2.50. The highest BCUT2D eigenvalue weighted by atomic mass is 35.5. The Morgan fingerprint density at radius 2 is 2.04 bits per heavy atom. The maximum Gasteiger partial charge on any atom is 0.356 e. The van der Waals surface area contributed by atoms with Crippen molar-refractivity contribution < 1.29 is 32.3 Å². The molecule has 0 amide bonds. The predicted octanol–water partition coefficient (Wildman–Crippen LogP) is 1.91. The van der Waals surface area contributed by atoms with E-state index in [4.69, 9.17) is 21.2 Å². The van der Waals surface area contributed by atoms with E-state index in [9.17, 15) is 18.0 Å². The second-order valence-electron chi connectivity index (χ2n) is 5.16. The molecule has 1 aromatic carbocycles. The summed E-state index contributed by atoms with van der Waals surface area (Å²) in [5.41, 5.74) is 0.0423. The highest BCUT2D eigenvalue weighted by Gasteiger charge is 2.35. The quantitative estimate of drug-likeness (QED) is 0.707. The van der Waals surface area contributed by atoms with Crippen LogP contribution >= 0.6 is 11.6 Å². The number of carbonyl (C=O) groups is 2. The van der Waals surface area contributed by atoms with E-state index < -0.39 is 27.9 Å². The lowest BCUT2D eigenvalue weighted by Crippen LogP contribution is -2.17. The van der Waals surface area contributed by atoms with Crippen molar-refractivity contribution in [2.45, 2.75) is 24.3 Å². The molecular formula is C15H16ClNO7S. The van der Waals surface area contributed by atoms with Crippen molar-refractivity contribution in [2.75, 3.05) is 20.0 Å². The van der Waals surface area contributed by atoms with Crippen molar-refractivity contribution >= 4 is 39.1 Å². The second-order valence-corrected chi connectivity index (χ2v) is 7.52. The molecule has 0 bridgehead atoms. The summed E-state index contributed by atoms with van der Waals surface area (Å²) < 4.78 is 33.6. The molecule has 0 fully saturated rings. The minimum Gasteiger partial charge on any atom is -0.465 e. The van der Waals surface area contributed by atoms with Gasteiger partial charge in [0.05, 0.1) is 29.2 Å². The van der Waals surface area contributed by atoms with Gasteiger partial charge < -0.3 is 14.3 Å². The average molecular weight is 390 g/mol. The van der Waals surface area contributed by atoms with Gasteiger partial charge in [-0.25, -0.2) is 18.0 Å². The van der Waals surface area contributed by atoms with Gasteiger partial charge in [-0.2, -0.15) is 0 Å². The standard InChI is InChI=1S/C15H16ClNO7S/c1-4-23-15(19)9-7-10(24-17-9)12-11(25(3,20)21)6-5-8(13(12)16)14(18)22-2/h5-6,10H,4,7H2,1-3H3. The largest absolute Gasteiger partial charge is 0.465 e. The Bertz CT molecular complexity index is 848. The fourth-order valence-electron chi connectivity index (χ4n) is 2.33. The summed E-state index contributed by atoms with van der Waals surface area (Å²) in [6, 6.07) is 2.50. The molecule has 1 aliphatic heterocycles. The molecule has 0 saturated heterocycles. The number of hydrogen-bond acceptors (Lipinski definition) is 8. The first-order valence-corrected chi connectivity index (χ1v) is 9.48. The highest BCUT2D eigenvalue weighted by Crippen LogP contribution is 2.39. The minimum atomic E-state index is -3.67. The first-order chi connectivity index (χ1) is 11.7. The van der Waals surface area contributed by atoms with Crippen LogP contribution < -0.4 is 0 Å². The third kappa shape index (κ3) is 3.93. The Hall–Kier alpha value is -2.13. The molecule has 2 rings (SSSR count). The monoisotopic (exact) mass is 389 g/mol. The summed E-state index contributed by atoms with van der Waals surface area (Å²) in [4.78, 5) is 28.6. The first kappa shape index (κ1) is 19.2. The summed E-state index contributed by atoms with van der Waals surface area (Å²) in [5.74, 6) is -1.39. The molecule has 8 nitrogen and oxygen atoms in total. The van der Waals surface area contributed by atoms with Crippen molar-refractivity contribution in [1.29, 1.82) is 0 Å². The summed E-state index contributed by atoms with van der Waals surface area (Å²) in [6.07, 6.45) is 0.0227. The molecule has 0 saturated carbocycles. The van der Waals surface area contributed by atoms with Crippen LogP contribution in [0.2, 0.25) is 5.02 Å².